The van der Waals surface area contributed by atoms with Crippen LogP contribution in [0.5, 0.6) is 0 Å². The van der Waals surface area contributed by atoms with E-state index in [1.165, 1.54) is 19.2 Å². The van der Waals surface area contributed by atoms with Crippen molar-refractivity contribution in [2.45, 2.75) is 36.9 Å². The van der Waals surface area contributed by atoms with E-state index < -0.39 is 23.9 Å². The van der Waals surface area contributed by atoms with Crippen LogP contribution in [0.25, 0.3) is 11.0 Å². The molecule has 3 atom stereocenters. The molecule has 1 aliphatic heterocycles. The molecule has 1 aliphatic rings. The van der Waals surface area contributed by atoms with Crippen molar-refractivity contribution >= 4 is 40.3 Å². The van der Waals surface area contributed by atoms with Gasteiger partial charge in [0.25, 0.3) is 0 Å². The van der Waals surface area contributed by atoms with Gasteiger partial charge in [0.2, 0.25) is 5.91 Å². The second-order valence-corrected chi connectivity index (χ2v) is 11.8. The van der Waals surface area contributed by atoms with Gasteiger partial charge in [-0.1, -0.05) is 90.5 Å². The third-order valence-electron chi connectivity index (χ3n) is 8.37. The van der Waals surface area contributed by atoms with Gasteiger partial charge in [-0.2, -0.15) is 0 Å². The number of H-pyrrole nitrogens is 1. The van der Waals surface area contributed by atoms with Gasteiger partial charge in [0.1, 0.15) is 17.7 Å². The molecule has 1 fully saturated rings. The van der Waals surface area contributed by atoms with Gasteiger partial charge in [0.15, 0.2) is 0 Å². The van der Waals surface area contributed by atoms with E-state index in [4.69, 9.17) is 21.1 Å². The van der Waals surface area contributed by atoms with Crippen LogP contribution in [-0.2, 0) is 20.7 Å². The summed E-state index contributed by atoms with van der Waals surface area (Å²) in [6, 6.07) is 28.6. The first-order valence-electron chi connectivity index (χ1n) is 15.4. The number of nitrogens with zero attached hydrogens (tertiary/aromatic N) is 1. The number of morpholine rings is 1. The van der Waals surface area contributed by atoms with Crippen molar-refractivity contribution in [3.8, 4) is 0 Å². The number of fused-ring (bicyclic) bond motifs is 1. The SMILES string of the molecule is COC(=O)N[C@H](C(=O)Nc1ccccc1CC[C@@H]1CN[C@H](c2nc3cc(F)c(Cl)cc3[nH]2)CO1)C(c1ccccc1)c1ccccc1. The number of carbonyl (C=O) groups excluding carboxylic acids is 2. The Kier molecular flexibility index (Phi) is 10.1. The van der Waals surface area contributed by atoms with Gasteiger partial charge in [-0.3, -0.25) is 4.79 Å². The highest BCUT2D eigenvalue weighted by atomic mass is 35.5. The minimum atomic E-state index is -0.964. The lowest BCUT2D eigenvalue weighted by Crippen LogP contribution is -2.48. The molecule has 0 saturated carbocycles. The number of benzene rings is 4. The molecule has 2 amide bonds. The van der Waals surface area contributed by atoms with E-state index in [1.54, 1.807) is 0 Å². The number of para-hydroxylation sites is 1. The first-order valence-corrected chi connectivity index (χ1v) is 15.8. The molecule has 2 heterocycles. The summed E-state index contributed by atoms with van der Waals surface area (Å²) in [5.41, 5.74) is 4.52. The lowest BCUT2D eigenvalue weighted by atomic mass is 9.84. The van der Waals surface area contributed by atoms with Crippen molar-refractivity contribution in [2.75, 3.05) is 25.6 Å². The predicted molar refractivity (Wildman–Crippen MR) is 179 cm³/mol. The molecule has 242 valence electrons. The molecule has 11 heteroatoms. The van der Waals surface area contributed by atoms with Crippen molar-refractivity contribution in [1.29, 1.82) is 0 Å². The van der Waals surface area contributed by atoms with Crippen molar-refractivity contribution < 1.29 is 23.5 Å². The van der Waals surface area contributed by atoms with E-state index in [0.29, 0.717) is 48.5 Å². The molecule has 0 spiro atoms. The zero-order chi connectivity index (χ0) is 32.8. The smallest absolute Gasteiger partial charge is 0.407 e. The Hall–Kier alpha value is -4.77. The van der Waals surface area contributed by atoms with Gasteiger partial charge in [0, 0.05) is 24.2 Å². The molecular weight excluding hydrogens is 621 g/mol. The monoisotopic (exact) mass is 655 g/mol. The van der Waals surface area contributed by atoms with Crippen molar-refractivity contribution in [3.05, 3.63) is 130 Å². The molecular formula is C36H35ClFN5O4. The summed E-state index contributed by atoms with van der Waals surface area (Å²) in [4.78, 5) is 34.3. The van der Waals surface area contributed by atoms with E-state index in [1.807, 2.05) is 84.9 Å². The van der Waals surface area contributed by atoms with Crippen molar-refractivity contribution in [2.24, 2.45) is 0 Å². The number of amides is 2. The second-order valence-electron chi connectivity index (χ2n) is 11.4. The van der Waals surface area contributed by atoms with Crippen LogP contribution in [0.15, 0.2) is 97.1 Å². The number of alkyl carbamates (subject to hydrolysis) is 1. The van der Waals surface area contributed by atoms with Gasteiger partial charge in [-0.05, 0) is 41.7 Å². The number of hydrogen-bond acceptors (Lipinski definition) is 6. The van der Waals surface area contributed by atoms with Gasteiger partial charge < -0.3 is 30.4 Å². The summed E-state index contributed by atoms with van der Waals surface area (Å²) in [6.45, 7) is 0.979. The van der Waals surface area contributed by atoms with Gasteiger partial charge >= 0.3 is 6.09 Å². The Morgan fingerprint density at radius 1 is 1.02 bits per heavy atom. The zero-order valence-electron chi connectivity index (χ0n) is 25.7. The first-order chi connectivity index (χ1) is 22.9. The first kappa shape index (κ1) is 32.2. The van der Waals surface area contributed by atoms with Crippen LogP contribution in [0.2, 0.25) is 5.02 Å². The lowest BCUT2D eigenvalue weighted by Gasteiger charge is -2.30. The number of aryl methyl sites for hydroxylation is 1. The number of halogens is 2. The Balaban J connectivity index is 1.13. The molecule has 5 aromatic rings. The minimum absolute atomic E-state index is 0.0412. The Morgan fingerprint density at radius 3 is 2.36 bits per heavy atom. The van der Waals surface area contributed by atoms with Crippen molar-refractivity contribution in [3.63, 3.8) is 0 Å². The summed E-state index contributed by atoms with van der Waals surface area (Å²) < 4.78 is 25.0. The van der Waals surface area contributed by atoms with Gasteiger partial charge in [-0.15, -0.1) is 0 Å². The standard InChI is InChI=1S/C36H35ClFN5O4/c1-46-36(45)43-33(32(23-11-4-2-5-12-23)24-13-6-3-7-14-24)35(44)42-28-15-9-8-10-22(28)16-17-25-20-39-31(21-47-25)34-40-29-18-26(37)27(38)19-30(29)41-34/h2-15,18-19,25,31-33,39H,16-17,20-21H2,1H3,(H,40,41)(H,42,44)(H,43,45)/t25-,31+,33+/m1/s1. The van der Waals surface area contributed by atoms with Crippen LogP contribution >= 0.6 is 11.6 Å². The van der Waals surface area contributed by atoms with Crippen LogP contribution in [0, 0.1) is 5.82 Å². The lowest BCUT2D eigenvalue weighted by molar-refractivity contribution is -0.118. The molecule has 0 bridgehead atoms. The molecule has 1 saturated heterocycles. The molecule has 1 aromatic heterocycles. The number of aromatic nitrogens is 2. The van der Waals surface area contributed by atoms with E-state index in [0.717, 1.165) is 16.7 Å². The third kappa shape index (κ3) is 7.62. The van der Waals surface area contributed by atoms with Crippen LogP contribution in [-0.4, -0.2) is 54.4 Å². The van der Waals surface area contributed by atoms with Crippen molar-refractivity contribution in [1.82, 2.24) is 20.6 Å². The van der Waals surface area contributed by atoms with Crippen LogP contribution in [0.4, 0.5) is 14.9 Å². The van der Waals surface area contributed by atoms with E-state index >= 15 is 0 Å². The molecule has 4 N–H and O–H groups in total. The number of imidazole rings is 1. The molecule has 6 rings (SSSR count). The average molecular weight is 656 g/mol. The predicted octanol–water partition coefficient (Wildman–Crippen LogP) is 6.51. The molecule has 0 aliphatic carbocycles. The number of carbonyl (C=O) groups is 2. The fraction of sp³-hybridized carbons (Fsp3) is 0.250. The summed E-state index contributed by atoms with van der Waals surface area (Å²) in [5.74, 6) is -0.691. The fourth-order valence-corrected chi connectivity index (χ4v) is 6.11. The fourth-order valence-electron chi connectivity index (χ4n) is 5.95. The maximum absolute atomic E-state index is 14.0. The molecule has 9 nitrogen and oxygen atoms in total. The largest absolute Gasteiger partial charge is 0.453 e. The number of anilines is 1. The zero-order valence-corrected chi connectivity index (χ0v) is 26.5. The quantitative estimate of drug-likeness (QED) is 0.136. The van der Waals surface area contributed by atoms with Crippen LogP contribution in [0.3, 0.4) is 0 Å². The number of nitrogens with one attached hydrogen (secondary N) is 4. The maximum Gasteiger partial charge on any atom is 0.407 e. The van der Waals surface area contributed by atoms with E-state index in [-0.39, 0.29) is 23.1 Å². The van der Waals surface area contributed by atoms with E-state index in [2.05, 4.69) is 25.9 Å². The minimum Gasteiger partial charge on any atom is -0.453 e. The van der Waals surface area contributed by atoms with Gasteiger partial charge in [-0.25, -0.2) is 14.2 Å². The highest BCUT2D eigenvalue weighted by Gasteiger charge is 2.33. The topological polar surface area (TPSA) is 117 Å². The number of ether oxygens (including phenoxy) is 2. The Morgan fingerprint density at radius 2 is 1.70 bits per heavy atom. The summed E-state index contributed by atoms with van der Waals surface area (Å²) in [6.07, 6.45) is 0.578. The Labute approximate surface area is 276 Å². The average Bonchev–Trinajstić information content (AvgIpc) is 3.51. The van der Waals surface area contributed by atoms with Crippen LogP contribution < -0.4 is 16.0 Å². The summed E-state index contributed by atoms with van der Waals surface area (Å²) in [5, 5.41) is 9.38. The summed E-state index contributed by atoms with van der Waals surface area (Å²) >= 11 is 5.92. The second kappa shape index (κ2) is 14.8. The number of hydrogen-bond donors (Lipinski definition) is 4. The van der Waals surface area contributed by atoms with Gasteiger partial charge in [0.05, 0.1) is 41.9 Å². The third-order valence-corrected chi connectivity index (χ3v) is 8.66. The molecule has 0 radical (unpaired) electrons. The number of methoxy groups -OCH3 is 1. The highest BCUT2D eigenvalue weighted by molar-refractivity contribution is 6.31. The summed E-state index contributed by atoms with van der Waals surface area (Å²) in [7, 11) is 1.28. The molecule has 0 unspecified atom stereocenters. The number of rotatable bonds is 10. The number of aromatic amines is 1. The molecule has 4 aromatic carbocycles. The normalized spacial score (nSPS) is 16.9. The Bertz CT molecular complexity index is 1750. The van der Waals surface area contributed by atoms with E-state index in [9.17, 15) is 14.0 Å². The highest BCUT2D eigenvalue weighted by Crippen LogP contribution is 2.30. The maximum atomic E-state index is 14.0. The molecule has 47 heavy (non-hydrogen) atoms. The van der Waals surface area contributed by atoms with Crippen LogP contribution in [0.1, 0.15) is 40.9 Å².